The molecular formula is C18H25N3O3. The number of hydrogen-bond acceptors (Lipinski definition) is 4. The average molecular weight is 331 g/mol. The summed E-state index contributed by atoms with van der Waals surface area (Å²) in [6.45, 7) is 5.60. The summed E-state index contributed by atoms with van der Waals surface area (Å²) in [4.78, 5) is 27.1. The molecule has 1 fully saturated rings. The molecule has 6 nitrogen and oxygen atoms in total. The van der Waals surface area contributed by atoms with Gasteiger partial charge >= 0.3 is 0 Å². The smallest absolute Gasteiger partial charge is 0.246 e. The van der Waals surface area contributed by atoms with Crippen molar-refractivity contribution in [1.29, 1.82) is 0 Å². The van der Waals surface area contributed by atoms with Crippen LogP contribution in [0.3, 0.4) is 0 Å². The Morgan fingerprint density at radius 3 is 2.58 bits per heavy atom. The lowest BCUT2D eigenvalue weighted by Gasteiger charge is -2.19. The SMILES string of the molecule is CCOc1ccc(/C=C\C(=O)N2CCCN(CC(N)=O)CC2)cc1. The number of benzene rings is 1. The van der Waals surface area contributed by atoms with Crippen LogP contribution in [-0.2, 0) is 9.59 Å². The fourth-order valence-electron chi connectivity index (χ4n) is 2.68. The second kappa shape index (κ2) is 9.08. The number of carbonyl (C=O) groups excluding carboxylic acids is 2. The zero-order valence-electron chi connectivity index (χ0n) is 14.1. The second-order valence-electron chi connectivity index (χ2n) is 5.76. The molecule has 0 atom stereocenters. The van der Waals surface area contributed by atoms with Gasteiger partial charge in [0.05, 0.1) is 13.2 Å². The van der Waals surface area contributed by atoms with Gasteiger partial charge in [-0.3, -0.25) is 14.5 Å². The normalized spacial score (nSPS) is 16.1. The van der Waals surface area contributed by atoms with E-state index in [1.807, 2.05) is 47.1 Å². The minimum Gasteiger partial charge on any atom is -0.494 e. The summed E-state index contributed by atoms with van der Waals surface area (Å²) in [6, 6.07) is 7.63. The lowest BCUT2D eigenvalue weighted by atomic mass is 10.2. The van der Waals surface area contributed by atoms with Gasteiger partial charge in [0.25, 0.3) is 0 Å². The molecule has 1 aromatic carbocycles. The molecule has 24 heavy (non-hydrogen) atoms. The zero-order valence-corrected chi connectivity index (χ0v) is 14.1. The van der Waals surface area contributed by atoms with Crippen LogP contribution in [0.25, 0.3) is 6.08 Å². The number of hydrogen-bond donors (Lipinski definition) is 1. The minimum absolute atomic E-state index is 0.00944. The zero-order chi connectivity index (χ0) is 17.4. The Balaban J connectivity index is 1.88. The Morgan fingerprint density at radius 2 is 1.92 bits per heavy atom. The number of amides is 2. The van der Waals surface area contributed by atoms with Crippen molar-refractivity contribution in [3.63, 3.8) is 0 Å². The highest BCUT2D eigenvalue weighted by Gasteiger charge is 2.18. The van der Waals surface area contributed by atoms with Crippen molar-refractivity contribution in [1.82, 2.24) is 9.80 Å². The molecule has 0 spiro atoms. The van der Waals surface area contributed by atoms with E-state index in [0.717, 1.165) is 24.3 Å². The molecule has 0 bridgehead atoms. The molecule has 2 rings (SSSR count). The first kappa shape index (κ1) is 18.0. The fraction of sp³-hybridized carbons (Fsp3) is 0.444. The van der Waals surface area contributed by atoms with Gasteiger partial charge in [0, 0.05) is 32.3 Å². The van der Waals surface area contributed by atoms with Crippen molar-refractivity contribution in [2.75, 3.05) is 39.3 Å². The maximum absolute atomic E-state index is 12.3. The number of rotatable bonds is 6. The van der Waals surface area contributed by atoms with Gasteiger partial charge in [-0.25, -0.2) is 0 Å². The highest BCUT2D eigenvalue weighted by Crippen LogP contribution is 2.13. The monoisotopic (exact) mass is 331 g/mol. The number of ether oxygens (including phenoxy) is 1. The van der Waals surface area contributed by atoms with E-state index in [9.17, 15) is 9.59 Å². The topological polar surface area (TPSA) is 75.9 Å². The summed E-state index contributed by atoms with van der Waals surface area (Å²) in [5.41, 5.74) is 6.18. The Labute approximate surface area is 142 Å². The Morgan fingerprint density at radius 1 is 1.17 bits per heavy atom. The average Bonchev–Trinajstić information content (AvgIpc) is 2.79. The summed E-state index contributed by atoms with van der Waals surface area (Å²) in [6.07, 6.45) is 4.25. The molecule has 0 aliphatic carbocycles. The van der Waals surface area contributed by atoms with Crippen LogP contribution < -0.4 is 10.5 Å². The van der Waals surface area contributed by atoms with E-state index in [-0.39, 0.29) is 18.4 Å². The van der Waals surface area contributed by atoms with E-state index < -0.39 is 0 Å². The summed E-state index contributed by atoms with van der Waals surface area (Å²) in [7, 11) is 0. The summed E-state index contributed by atoms with van der Waals surface area (Å²) < 4.78 is 5.40. The van der Waals surface area contributed by atoms with Crippen molar-refractivity contribution in [2.45, 2.75) is 13.3 Å². The molecule has 2 amide bonds. The molecule has 2 N–H and O–H groups in total. The molecule has 0 aromatic heterocycles. The third-order valence-electron chi connectivity index (χ3n) is 3.89. The molecule has 1 aliphatic heterocycles. The van der Waals surface area contributed by atoms with Crippen molar-refractivity contribution in [2.24, 2.45) is 5.73 Å². The summed E-state index contributed by atoms with van der Waals surface area (Å²) in [5.74, 6) is 0.484. The first-order valence-corrected chi connectivity index (χ1v) is 8.29. The molecule has 6 heteroatoms. The van der Waals surface area contributed by atoms with E-state index >= 15 is 0 Å². The maximum Gasteiger partial charge on any atom is 0.246 e. The van der Waals surface area contributed by atoms with Crippen molar-refractivity contribution in [3.8, 4) is 5.75 Å². The summed E-state index contributed by atoms with van der Waals surface area (Å²) in [5, 5.41) is 0. The van der Waals surface area contributed by atoms with Crippen molar-refractivity contribution < 1.29 is 14.3 Å². The van der Waals surface area contributed by atoms with Crippen LogP contribution >= 0.6 is 0 Å². The van der Waals surface area contributed by atoms with E-state index in [1.54, 1.807) is 6.08 Å². The van der Waals surface area contributed by atoms with Crippen LogP contribution in [0.4, 0.5) is 0 Å². The minimum atomic E-state index is -0.329. The molecule has 130 valence electrons. The van der Waals surface area contributed by atoms with Crippen LogP contribution in [-0.4, -0.2) is 60.9 Å². The Hall–Kier alpha value is -2.34. The number of carbonyl (C=O) groups is 2. The number of nitrogens with zero attached hydrogens (tertiary/aromatic N) is 2. The van der Waals surface area contributed by atoms with Crippen LogP contribution in [0.1, 0.15) is 18.9 Å². The van der Waals surface area contributed by atoms with Gasteiger partial charge in [-0.1, -0.05) is 12.1 Å². The third kappa shape index (κ3) is 5.70. The van der Waals surface area contributed by atoms with Gasteiger partial charge in [0.2, 0.25) is 11.8 Å². The quantitative estimate of drug-likeness (QED) is 0.793. The molecule has 1 aliphatic rings. The maximum atomic E-state index is 12.3. The van der Waals surface area contributed by atoms with Crippen LogP contribution in [0.5, 0.6) is 5.75 Å². The highest BCUT2D eigenvalue weighted by molar-refractivity contribution is 5.91. The van der Waals surface area contributed by atoms with Crippen LogP contribution in [0.2, 0.25) is 0 Å². The Kier molecular flexibility index (Phi) is 6.81. The van der Waals surface area contributed by atoms with Gasteiger partial charge in [-0.05, 0) is 37.1 Å². The first-order valence-electron chi connectivity index (χ1n) is 8.29. The predicted octanol–water partition coefficient (Wildman–Crippen LogP) is 1.12. The fourth-order valence-corrected chi connectivity index (χ4v) is 2.68. The molecule has 1 saturated heterocycles. The van der Waals surface area contributed by atoms with E-state index in [1.165, 1.54) is 0 Å². The second-order valence-corrected chi connectivity index (χ2v) is 5.76. The molecular weight excluding hydrogens is 306 g/mol. The van der Waals surface area contributed by atoms with Gasteiger partial charge < -0.3 is 15.4 Å². The molecule has 0 unspecified atom stereocenters. The number of nitrogens with two attached hydrogens (primary N) is 1. The molecule has 0 radical (unpaired) electrons. The predicted molar refractivity (Wildman–Crippen MR) is 93.5 cm³/mol. The van der Waals surface area contributed by atoms with Crippen molar-refractivity contribution in [3.05, 3.63) is 35.9 Å². The first-order chi connectivity index (χ1) is 11.6. The highest BCUT2D eigenvalue weighted by atomic mass is 16.5. The van der Waals surface area contributed by atoms with Crippen molar-refractivity contribution >= 4 is 17.9 Å². The molecule has 1 heterocycles. The van der Waals surface area contributed by atoms with E-state index in [2.05, 4.69) is 0 Å². The lowest BCUT2D eigenvalue weighted by molar-refractivity contribution is -0.125. The lowest BCUT2D eigenvalue weighted by Crippen LogP contribution is -2.37. The van der Waals surface area contributed by atoms with E-state index in [4.69, 9.17) is 10.5 Å². The Bertz CT molecular complexity index is 584. The molecule has 0 saturated carbocycles. The summed E-state index contributed by atoms with van der Waals surface area (Å²) >= 11 is 0. The standard InChI is InChI=1S/C18H25N3O3/c1-2-24-16-7-4-15(5-8-16)6-9-18(23)21-11-3-10-20(12-13-21)14-17(19)22/h4-9H,2-3,10-14H2,1H3,(H2,19,22)/b9-6-. The third-order valence-corrected chi connectivity index (χ3v) is 3.89. The largest absolute Gasteiger partial charge is 0.494 e. The van der Waals surface area contributed by atoms with Gasteiger partial charge in [-0.15, -0.1) is 0 Å². The van der Waals surface area contributed by atoms with Gasteiger partial charge in [-0.2, -0.15) is 0 Å². The number of primary amides is 1. The van der Waals surface area contributed by atoms with Crippen LogP contribution in [0.15, 0.2) is 30.3 Å². The van der Waals surface area contributed by atoms with Crippen LogP contribution in [0, 0.1) is 0 Å². The molecule has 1 aromatic rings. The van der Waals surface area contributed by atoms with Gasteiger partial charge in [0.15, 0.2) is 0 Å². The van der Waals surface area contributed by atoms with Gasteiger partial charge in [0.1, 0.15) is 5.75 Å². The van der Waals surface area contributed by atoms with E-state index in [0.29, 0.717) is 26.2 Å².